The molecule has 0 saturated carbocycles. The van der Waals surface area contributed by atoms with Crippen molar-refractivity contribution in [3.63, 3.8) is 0 Å². The van der Waals surface area contributed by atoms with Crippen molar-refractivity contribution in [3.05, 3.63) is 71.8 Å². The van der Waals surface area contributed by atoms with E-state index < -0.39 is 17.9 Å². The lowest BCUT2D eigenvalue weighted by Crippen LogP contribution is -1.96. The summed E-state index contributed by atoms with van der Waals surface area (Å²) in [6.07, 6.45) is 3.82. The van der Waals surface area contributed by atoms with E-state index in [4.69, 9.17) is 20.1 Å². The van der Waals surface area contributed by atoms with Crippen LogP contribution in [0.4, 0.5) is 0 Å². The van der Waals surface area contributed by atoms with Gasteiger partial charge in [0.15, 0.2) is 0 Å². The van der Waals surface area contributed by atoms with Crippen LogP contribution in [0, 0.1) is 0 Å². The quantitative estimate of drug-likeness (QED) is 0.582. The maximum atomic E-state index is 10.2. The fraction of sp³-hybridized carbons (Fsp3) is 0.318. The molecule has 0 aliphatic heterocycles. The van der Waals surface area contributed by atoms with Gasteiger partial charge >= 0.3 is 11.9 Å². The smallest absolute Gasteiger partial charge is 0.303 e. The van der Waals surface area contributed by atoms with Crippen LogP contribution in [0.3, 0.4) is 0 Å². The molecule has 2 rings (SSSR count). The molecular weight excluding hydrogens is 360 g/mol. The zero-order valence-corrected chi connectivity index (χ0v) is 16.1. The molecule has 28 heavy (non-hydrogen) atoms. The monoisotopic (exact) mass is 388 g/mol. The predicted molar refractivity (Wildman–Crippen MR) is 107 cm³/mol. The second-order valence-corrected chi connectivity index (χ2v) is 5.98. The topological polar surface area (TPSA) is 112 Å². The largest absolute Gasteiger partial charge is 0.481 e. The fourth-order valence-electron chi connectivity index (χ4n) is 2.15. The van der Waals surface area contributed by atoms with E-state index in [1.807, 2.05) is 48.5 Å². The predicted octanol–water partition coefficient (Wildman–Crippen LogP) is 4.28. The summed E-state index contributed by atoms with van der Waals surface area (Å²) in [6, 6.07) is 19.8. The van der Waals surface area contributed by atoms with E-state index >= 15 is 0 Å². The Morgan fingerprint density at radius 2 is 1.04 bits per heavy atom. The number of unbranched alkanes of at least 4 members (excludes halogenated alkanes) is 1. The Balaban J connectivity index is 0.000000442. The van der Waals surface area contributed by atoms with Crippen LogP contribution in [0.5, 0.6) is 0 Å². The molecule has 0 aliphatic carbocycles. The van der Waals surface area contributed by atoms with Crippen molar-refractivity contribution in [1.29, 1.82) is 0 Å². The van der Waals surface area contributed by atoms with Crippen LogP contribution in [0.25, 0.3) is 0 Å². The number of aliphatic carboxylic acids is 3. The number of rotatable bonds is 8. The minimum atomic E-state index is -0.833. The summed E-state index contributed by atoms with van der Waals surface area (Å²) >= 11 is 0. The van der Waals surface area contributed by atoms with Crippen molar-refractivity contribution in [3.8, 4) is 0 Å². The lowest BCUT2D eigenvalue weighted by Gasteiger charge is -1.98. The average Bonchev–Trinajstić information content (AvgIpc) is 2.65. The standard InChI is InChI=1S/C11H14O2.C9H10O2.C2H4O2/c12-11(13)9-5-4-8-10-6-2-1-3-7-10;10-9(11)7-6-8-4-2-1-3-5-8;1-2(3)4/h1-3,6-7H,4-5,8-9H2,(H,12,13);1-5H,6-7H2,(H,10,11);1H3,(H,3,4). The van der Waals surface area contributed by atoms with Gasteiger partial charge in [0.05, 0.1) is 0 Å². The lowest BCUT2D eigenvalue weighted by molar-refractivity contribution is -0.138. The van der Waals surface area contributed by atoms with Gasteiger partial charge in [0.1, 0.15) is 0 Å². The highest BCUT2D eigenvalue weighted by Crippen LogP contribution is 2.05. The summed E-state index contributed by atoms with van der Waals surface area (Å²) < 4.78 is 0. The van der Waals surface area contributed by atoms with Crippen molar-refractivity contribution in [2.45, 2.75) is 45.4 Å². The summed E-state index contributed by atoms with van der Waals surface area (Å²) in [5, 5.41) is 24.2. The molecule has 6 nitrogen and oxygen atoms in total. The second-order valence-electron chi connectivity index (χ2n) is 5.98. The molecule has 0 amide bonds. The van der Waals surface area contributed by atoms with Crippen molar-refractivity contribution in [2.24, 2.45) is 0 Å². The number of hydrogen-bond acceptors (Lipinski definition) is 3. The van der Waals surface area contributed by atoms with Crippen molar-refractivity contribution >= 4 is 17.9 Å². The molecule has 0 bridgehead atoms. The molecule has 0 saturated heterocycles. The van der Waals surface area contributed by atoms with Crippen LogP contribution in [0.2, 0.25) is 0 Å². The maximum Gasteiger partial charge on any atom is 0.303 e. The molecule has 0 heterocycles. The number of benzene rings is 2. The average molecular weight is 388 g/mol. The van der Waals surface area contributed by atoms with Gasteiger partial charge < -0.3 is 15.3 Å². The number of carboxylic acid groups (broad SMARTS) is 3. The SMILES string of the molecule is CC(=O)O.O=C(O)CCCCc1ccccc1.O=C(O)CCc1ccccc1. The van der Waals surface area contributed by atoms with E-state index in [0.717, 1.165) is 31.7 Å². The van der Waals surface area contributed by atoms with E-state index in [2.05, 4.69) is 12.1 Å². The van der Waals surface area contributed by atoms with E-state index in [0.29, 0.717) is 6.42 Å². The minimum absolute atomic E-state index is 0.212. The first-order valence-corrected chi connectivity index (χ1v) is 9.02. The van der Waals surface area contributed by atoms with Crippen LogP contribution < -0.4 is 0 Å². The van der Waals surface area contributed by atoms with Gasteiger partial charge in [0, 0.05) is 19.8 Å². The molecular formula is C22H28O6. The zero-order chi connectivity index (χ0) is 21.2. The van der Waals surface area contributed by atoms with Gasteiger partial charge in [-0.2, -0.15) is 0 Å². The Morgan fingerprint density at radius 3 is 1.43 bits per heavy atom. The molecule has 0 radical (unpaired) electrons. The number of carbonyl (C=O) groups is 3. The first-order valence-electron chi connectivity index (χ1n) is 9.02. The summed E-state index contributed by atoms with van der Waals surface area (Å²) in [4.78, 5) is 29.4. The molecule has 0 atom stereocenters. The van der Waals surface area contributed by atoms with Crippen molar-refractivity contribution < 1.29 is 29.7 Å². The van der Waals surface area contributed by atoms with Gasteiger partial charge in [-0.1, -0.05) is 60.7 Å². The number of aryl methyl sites for hydroxylation is 2. The summed E-state index contributed by atoms with van der Waals surface area (Å²) in [5.41, 5.74) is 2.36. The van der Waals surface area contributed by atoms with E-state index in [-0.39, 0.29) is 12.8 Å². The highest BCUT2D eigenvalue weighted by Gasteiger charge is 1.97. The lowest BCUT2D eigenvalue weighted by atomic mass is 10.1. The van der Waals surface area contributed by atoms with Gasteiger partial charge in [-0.15, -0.1) is 0 Å². The molecule has 0 aromatic heterocycles. The third kappa shape index (κ3) is 17.7. The third-order valence-corrected chi connectivity index (χ3v) is 3.42. The maximum absolute atomic E-state index is 10.2. The first kappa shape index (κ1) is 24.8. The number of carboxylic acids is 3. The number of hydrogen-bond donors (Lipinski definition) is 3. The molecule has 2 aromatic rings. The van der Waals surface area contributed by atoms with E-state index in [9.17, 15) is 9.59 Å². The Bertz CT molecular complexity index is 679. The van der Waals surface area contributed by atoms with E-state index in [1.165, 1.54) is 5.56 Å². The highest BCUT2D eigenvalue weighted by molar-refractivity contribution is 5.67. The molecule has 0 spiro atoms. The molecule has 0 unspecified atom stereocenters. The van der Waals surface area contributed by atoms with Gasteiger partial charge in [-0.3, -0.25) is 14.4 Å². The van der Waals surface area contributed by atoms with Crippen LogP contribution in [-0.4, -0.2) is 33.2 Å². The van der Waals surface area contributed by atoms with Gasteiger partial charge in [0.25, 0.3) is 5.97 Å². The van der Waals surface area contributed by atoms with Gasteiger partial charge in [-0.25, -0.2) is 0 Å². The summed E-state index contributed by atoms with van der Waals surface area (Å²) in [5.74, 6) is -2.28. The molecule has 3 N–H and O–H groups in total. The summed E-state index contributed by atoms with van der Waals surface area (Å²) in [7, 11) is 0. The van der Waals surface area contributed by atoms with Gasteiger partial charge in [-0.05, 0) is 36.8 Å². The first-order chi connectivity index (χ1) is 13.3. The minimum Gasteiger partial charge on any atom is -0.481 e. The molecule has 6 heteroatoms. The Morgan fingerprint density at radius 1 is 0.643 bits per heavy atom. The Kier molecular flexibility index (Phi) is 14.2. The van der Waals surface area contributed by atoms with Crippen LogP contribution in [0.1, 0.15) is 43.7 Å². The van der Waals surface area contributed by atoms with Gasteiger partial charge in [0.2, 0.25) is 0 Å². The van der Waals surface area contributed by atoms with Crippen LogP contribution in [0.15, 0.2) is 60.7 Å². The zero-order valence-electron chi connectivity index (χ0n) is 16.1. The van der Waals surface area contributed by atoms with Crippen molar-refractivity contribution in [2.75, 3.05) is 0 Å². The van der Waals surface area contributed by atoms with Crippen molar-refractivity contribution in [1.82, 2.24) is 0 Å². The molecule has 2 aromatic carbocycles. The van der Waals surface area contributed by atoms with Crippen LogP contribution >= 0.6 is 0 Å². The third-order valence-electron chi connectivity index (χ3n) is 3.42. The van der Waals surface area contributed by atoms with E-state index in [1.54, 1.807) is 0 Å². The van der Waals surface area contributed by atoms with Crippen LogP contribution in [-0.2, 0) is 27.2 Å². The molecule has 0 fully saturated rings. The Hall–Kier alpha value is -3.15. The highest BCUT2D eigenvalue weighted by atomic mass is 16.4. The summed E-state index contributed by atoms with van der Waals surface area (Å²) in [6.45, 7) is 1.08. The molecule has 152 valence electrons. The normalized spacial score (nSPS) is 9.18. The second kappa shape index (κ2) is 16.1. The Labute approximate surface area is 165 Å². The molecule has 0 aliphatic rings. The fourth-order valence-corrected chi connectivity index (χ4v) is 2.15.